The number of hydrogen-bond acceptors (Lipinski definition) is 6. The van der Waals surface area contributed by atoms with Crippen LogP contribution in [0.25, 0.3) is 0 Å². The lowest BCUT2D eigenvalue weighted by Gasteiger charge is -2.41. The van der Waals surface area contributed by atoms with E-state index in [1.54, 1.807) is 0 Å². The van der Waals surface area contributed by atoms with Crippen molar-refractivity contribution in [2.75, 3.05) is 44.4 Å². The van der Waals surface area contributed by atoms with Crippen molar-refractivity contribution in [3.8, 4) is 0 Å². The molecule has 0 bridgehead atoms. The molecule has 1 aliphatic heterocycles. The average Bonchev–Trinajstić information content (AvgIpc) is 3.28. The molecule has 1 aromatic rings. The SMILES string of the molecule is Cc1cc(N2C[C@H]3C[C@@H](N(C)C)[C@H](OCC4CC4)C[C@H]3C2)nc(N)n1. The van der Waals surface area contributed by atoms with E-state index in [2.05, 4.69) is 39.9 Å². The molecule has 25 heavy (non-hydrogen) atoms. The van der Waals surface area contributed by atoms with E-state index in [1.165, 1.54) is 19.3 Å². The largest absolute Gasteiger partial charge is 0.376 e. The Morgan fingerprint density at radius 1 is 1.20 bits per heavy atom. The highest BCUT2D eigenvalue weighted by molar-refractivity contribution is 5.44. The highest BCUT2D eigenvalue weighted by Crippen LogP contribution is 2.41. The third-order valence-electron chi connectivity index (χ3n) is 6.17. The number of rotatable bonds is 5. The van der Waals surface area contributed by atoms with Crippen molar-refractivity contribution in [1.82, 2.24) is 14.9 Å². The summed E-state index contributed by atoms with van der Waals surface area (Å²) in [6.07, 6.45) is 5.45. The first-order valence-electron chi connectivity index (χ1n) is 9.63. The second-order valence-corrected chi connectivity index (χ2v) is 8.47. The quantitative estimate of drug-likeness (QED) is 0.880. The van der Waals surface area contributed by atoms with Crippen LogP contribution < -0.4 is 10.6 Å². The molecule has 4 atom stereocenters. The molecule has 138 valence electrons. The van der Waals surface area contributed by atoms with Crippen LogP contribution in [0.1, 0.15) is 31.4 Å². The van der Waals surface area contributed by atoms with Crippen LogP contribution in [0, 0.1) is 24.7 Å². The second-order valence-electron chi connectivity index (χ2n) is 8.47. The monoisotopic (exact) mass is 345 g/mol. The first-order chi connectivity index (χ1) is 12.0. The molecule has 0 unspecified atom stereocenters. The lowest BCUT2D eigenvalue weighted by Crippen LogP contribution is -2.48. The Labute approximate surface area is 150 Å². The van der Waals surface area contributed by atoms with Crippen LogP contribution in [-0.4, -0.2) is 60.8 Å². The highest BCUT2D eigenvalue weighted by Gasteiger charge is 2.44. The summed E-state index contributed by atoms with van der Waals surface area (Å²) in [5.74, 6) is 3.59. The number of ether oxygens (including phenoxy) is 1. The summed E-state index contributed by atoms with van der Waals surface area (Å²) in [4.78, 5) is 13.4. The molecule has 0 amide bonds. The van der Waals surface area contributed by atoms with E-state index in [1.807, 2.05) is 6.92 Å². The van der Waals surface area contributed by atoms with Gasteiger partial charge < -0.3 is 20.3 Å². The number of nitrogens with two attached hydrogens (primary N) is 1. The fourth-order valence-corrected chi connectivity index (χ4v) is 4.58. The van der Waals surface area contributed by atoms with Crippen molar-refractivity contribution >= 4 is 11.8 Å². The summed E-state index contributed by atoms with van der Waals surface area (Å²) in [5, 5.41) is 0. The van der Waals surface area contributed by atoms with Gasteiger partial charge in [-0.1, -0.05) is 0 Å². The van der Waals surface area contributed by atoms with Gasteiger partial charge in [-0.2, -0.15) is 4.98 Å². The van der Waals surface area contributed by atoms with Gasteiger partial charge in [-0.3, -0.25) is 0 Å². The summed E-state index contributed by atoms with van der Waals surface area (Å²) in [6.45, 7) is 5.07. The number of likely N-dealkylation sites (N-methyl/N-ethyl adjacent to an activating group) is 1. The van der Waals surface area contributed by atoms with E-state index in [9.17, 15) is 0 Å². The standard InChI is InChI=1S/C19H31N5O/c1-12-6-18(22-19(20)21-12)24-9-14-7-16(23(2)3)17(8-15(14)10-24)25-11-13-4-5-13/h6,13-17H,4-5,7-11H2,1-3H3,(H2,20,21,22)/t14-,15+,16-,17-/m1/s1. The van der Waals surface area contributed by atoms with Gasteiger partial charge in [-0.05, 0) is 64.5 Å². The molecule has 1 saturated heterocycles. The summed E-state index contributed by atoms with van der Waals surface area (Å²) in [5.41, 5.74) is 6.79. The number of aryl methyl sites for hydroxylation is 1. The fraction of sp³-hybridized carbons (Fsp3) is 0.789. The van der Waals surface area contributed by atoms with Gasteiger partial charge in [0.15, 0.2) is 0 Å². The van der Waals surface area contributed by atoms with Crippen LogP contribution in [0.2, 0.25) is 0 Å². The fourth-order valence-electron chi connectivity index (χ4n) is 4.58. The first kappa shape index (κ1) is 17.0. The number of nitrogen functional groups attached to an aromatic ring is 1. The van der Waals surface area contributed by atoms with E-state index in [4.69, 9.17) is 10.5 Å². The van der Waals surface area contributed by atoms with Gasteiger partial charge in [-0.15, -0.1) is 0 Å². The van der Waals surface area contributed by atoms with Gasteiger partial charge in [0.2, 0.25) is 5.95 Å². The number of aromatic nitrogens is 2. The maximum atomic E-state index is 6.36. The minimum atomic E-state index is 0.369. The van der Waals surface area contributed by atoms with Crippen LogP contribution in [-0.2, 0) is 4.74 Å². The zero-order valence-electron chi connectivity index (χ0n) is 15.7. The second kappa shape index (κ2) is 6.72. The molecule has 2 saturated carbocycles. The Bertz CT molecular complexity index is 598. The van der Waals surface area contributed by atoms with Crippen molar-refractivity contribution in [3.05, 3.63) is 11.8 Å². The molecule has 0 radical (unpaired) electrons. The third-order valence-corrected chi connectivity index (χ3v) is 6.17. The zero-order valence-corrected chi connectivity index (χ0v) is 15.7. The van der Waals surface area contributed by atoms with Crippen LogP contribution in [0.4, 0.5) is 11.8 Å². The molecule has 2 heterocycles. The molecule has 1 aromatic heterocycles. The van der Waals surface area contributed by atoms with Gasteiger partial charge in [0.25, 0.3) is 0 Å². The average molecular weight is 345 g/mol. The van der Waals surface area contributed by atoms with E-state index in [0.29, 0.717) is 29.9 Å². The van der Waals surface area contributed by atoms with Crippen molar-refractivity contribution in [1.29, 1.82) is 0 Å². The predicted molar refractivity (Wildman–Crippen MR) is 99.5 cm³/mol. The zero-order chi connectivity index (χ0) is 17.6. The molecular formula is C19H31N5O. The predicted octanol–water partition coefficient (Wildman–Crippen LogP) is 1.94. The molecule has 6 heteroatoms. The molecule has 3 fully saturated rings. The van der Waals surface area contributed by atoms with Crippen molar-refractivity contribution in [2.45, 2.75) is 44.8 Å². The maximum absolute atomic E-state index is 6.36. The smallest absolute Gasteiger partial charge is 0.222 e. The normalized spacial score (nSPS) is 32.2. The van der Waals surface area contributed by atoms with Crippen LogP contribution in [0.3, 0.4) is 0 Å². The summed E-state index contributed by atoms with van der Waals surface area (Å²) in [7, 11) is 4.39. The van der Waals surface area contributed by atoms with E-state index < -0.39 is 0 Å². The van der Waals surface area contributed by atoms with Crippen molar-refractivity contribution < 1.29 is 4.74 Å². The minimum Gasteiger partial charge on any atom is -0.376 e. The Balaban J connectivity index is 1.46. The lowest BCUT2D eigenvalue weighted by molar-refractivity contribution is -0.0493. The molecule has 3 aliphatic rings. The lowest BCUT2D eigenvalue weighted by atomic mass is 9.77. The Kier molecular flexibility index (Phi) is 4.58. The van der Waals surface area contributed by atoms with Crippen LogP contribution >= 0.6 is 0 Å². The van der Waals surface area contributed by atoms with E-state index in [0.717, 1.165) is 43.5 Å². The summed E-state index contributed by atoms with van der Waals surface area (Å²) in [6, 6.07) is 2.58. The Morgan fingerprint density at radius 2 is 1.92 bits per heavy atom. The molecule has 0 spiro atoms. The molecule has 0 aromatic carbocycles. The first-order valence-corrected chi connectivity index (χ1v) is 9.63. The molecule has 4 rings (SSSR count). The van der Waals surface area contributed by atoms with E-state index >= 15 is 0 Å². The van der Waals surface area contributed by atoms with E-state index in [-0.39, 0.29) is 0 Å². The van der Waals surface area contributed by atoms with Gasteiger partial charge in [0.05, 0.1) is 6.10 Å². The number of anilines is 2. The Hall–Kier alpha value is -1.40. The number of nitrogens with zero attached hydrogens (tertiary/aromatic N) is 4. The topological polar surface area (TPSA) is 67.5 Å². The molecule has 2 N–H and O–H groups in total. The number of fused-ring (bicyclic) bond motifs is 1. The van der Waals surface area contributed by atoms with Crippen molar-refractivity contribution in [3.63, 3.8) is 0 Å². The molecule has 2 aliphatic carbocycles. The highest BCUT2D eigenvalue weighted by atomic mass is 16.5. The number of hydrogen-bond donors (Lipinski definition) is 1. The minimum absolute atomic E-state index is 0.369. The van der Waals surface area contributed by atoms with Crippen LogP contribution in [0.15, 0.2) is 6.07 Å². The summed E-state index contributed by atoms with van der Waals surface area (Å²) >= 11 is 0. The summed E-state index contributed by atoms with van der Waals surface area (Å²) < 4.78 is 6.36. The molecule has 6 nitrogen and oxygen atoms in total. The molecular weight excluding hydrogens is 314 g/mol. The van der Waals surface area contributed by atoms with Crippen molar-refractivity contribution in [2.24, 2.45) is 17.8 Å². The van der Waals surface area contributed by atoms with Gasteiger partial charge >= 0.3 is 0 Å². The van der Waals surface area contributed by atoms with Gasteiger partial charge in [0, 0.05) is 37.5 Å². The Morgan fingerprint density at radius 3 is 2.56 bits per heavy atom. The van der Waals surface area contributed by atoms with Gasteiger partial charge in [0.1, 0.15) is 5.82 Å². The van der Waals surface area contributed by atoms with Gasteiger partial charge in [-0.25, -0.2) is 4.98 Å². The third kappa shape index (κ3) is 3.75. The van der Waals surface area contributed by atoms with Crippen LogP contribution in [0.5, 0.6) is 0 Å². The maximum Gasteiger partial charge on any atom is 0.222 e.